The Morgan fingerprint density at radius 1 is 1.69 bits per heavy atom. The van der Waals surface area contributed by atoms with E-state index in [0.29, 0.717) is 13.0 Å². The molecule has 0 aromatic rings. The minimum atomic E-state index is -0.829. The van der Waals surface area contributed by atoms with E-state index < -0.39 is 5.60 Å². The number of carbonyl (C=O) groups is 1. The minimum Gasteiger partial charge on any atom is -0.409 e. The molecular formula is C10H21N3O3. The summed E-state index contributed by atoms with van der Waals surface area (Å²) in [6.45, 7) is 5.66. The fraction of sp³-hybridized carbons (Fsp3) is 0.800. The van der Waals surface area contributed by atoms with Crippen molar-refractivity contribution in [2.75, 3.05) is 13.7 Å². The molecule has 0 saturated carbocycles. The number of amides is 1. The maximum Gasteiger partial charge on any atom is 0.251 e. The molecule has 4 N–H and O–H groups in total. The summed E-state index contributed by atoms with van der Waals surface area (Å²) in [5.41, 5.74) is 4.57. The second-order valence-corrected chi connectivity index (χ2v) is 3.92. The fourth-order valence-corrected chi connectivity index (χ4v) is 1.03. The molecule has 0 spiro atoms. The van der Waals surface area contributed by atoms with Crippen molar-refractivity contribution in [2.45, 2.75) is 32.8 Å². The second kappa shape index (κ2) is 6.32. The van der Waals surface area contributed by atoms with Crippen molar-refractivity contribution in [3.05, 3.63) is 0 Å². The smallest absolute Gasteiger partial charge is 0.251 e. The molecule has 0 aromatic heterocycles. The molecule has 0 aliphatic carbocycles. The van der Waals surface area contributed by atoms with Crippen molar-refractivity contribution in [3.63, 3.8) is 0 Å². The van der Waals surface area contributed by atoms with E-state index in [0.717, 1.165) is 0 Å². The van der Waals surface area contributed by atoms with Crippen LogP contribution < -0.4 is 11.1 Å². The zero-order valence-electron chi connectivity index (χ0n) is 10.3. The van der Waals surface area contributed by atoms with Gasteiger partial charge >= 0.3 is 0 Å². The van der Waals surface area contributed by atoms with Gasteiger partial charge in [0.15, 0.2) is 0 Å². The van der Waals surface area contributed by atoms with Crippen LogP contribution >= 0.6 is 0 Å². The van der Waals surface area contributed by atoms with Gasteiger partial charge in [-0.3, -0.25) is 4.79 Å². The molecular weight excluding hydrogens is 210 g/mol. The van der Waals surface area contributed by atoms with Crippen LogP contribution in [0.4, 0.5) is 0 Å². The monoisotopic (exact) mass is 231 g/mol. The van der Waals surface area contributed by atoms with Crippen LogP contribution in [-0.4, -0.2) is 36.2 Å². The molecule has 94 valence electrons. The van der Waals surface area contributed by atoms with E-state index in [-0.39, 0.29) is 17.7 Å². The number of hydrogen-bond acceptors (Lipinski definition) is 4. The molecule has 0 aromatic carbocycles. The highest BCUT2D eigenvalue weighted by molar-refractivity contribution is 5.86. The summed E-state index contributed by atoms with van der Waals surface area (Å²) in [6, 6.07) is 0. The summed E-state index contributed by atoms with van der Waals surface area (Å²) in [5.74, 6) is -0.321. The molecule has 6 nitrogen and oxygen atoms in total. The lowest BCUT2D eigenvalue weighted by atomic mass is 10.0. The minimum absolute atomic E-state index is 0.0934. The number of nitrogens with zero attached hydrogens (tertiary/aromatic N) is 1. The highest BCUT2D eigenvalue weighted by Gasteiger charge is 2.30. The number of rotatable bonds is 6. The first-order valence-electron chi connectivity index (χ1n) is 5.22. The highest BCUT2D eigenvalue weighted by atomic mass is 16.5. The van der Waals surface area contributed by atoms with Crippen LogP contribution in [0.15, 0.2) is 5.16 Å². The Kier molecular flexibility index (Phi) is 5.81. The van der Waals surface area contributed by atoms with Gasteiger partial charge in [0.2, 0.25) is 0 Å². The first kappa shape index (κ1) is 14.7. The first-order chi connectivity index (χ1) is 7.41. The van der Waals surface area contributed by atoms with Gasteiger partial charge in [-0.25, -0.2) is 0 Å². The summed E-state index contributed by atoms with van der Waals surface area (Å²) < 4.78 is 5.14. The number of hydrogen-bond donors (Lipinski definition) is 3. The van der Waals surface area contributed by atoms with E-state index in [9.17, 15) is 4.79 Å². The van der Waals surface area contributed by atoms with E-state index in [1.807, 2.05) is 6.92 Å². The molecule has 0 fully saturated rings. The van der Waals surface area contributed by atoms with Crippen molar-refractivity contribution in [2.24, 2.45) is 16.8 Å². The van der Waals surface area contributed by atoms with Gasteiger partial charge in [-0.2, -0.15) is 0 Å². The van der Waals surface area contributed by atoms with Crippen LogP contribution in [0.25, 0.3) is 0 Å². The number of oxime groups is 1. The predicted molar refractivity (Wildman–Crippen MR) is 61.3 cm³/mol. The third-order valence-corrected chi connectivity index (χ3v) is 2.79. The third-order valence-electron chi connectivity index (χ3n) is 2.79. The SMILES string of the molecule is CCC(C)(OC)C(=O)NCC(C)C(N)=NO. The van der Waals surface area contributed by atoms with Crippen LogP contribution in [-0.2, 0) is 9.53 Å². The molecule has 0 bridgehead atoms. The zero-order valence-corrected chi connectivity index (χ0v) is 10.3. The Labute approximate surface area is 95.8 Å². The average Bonchev–Trinajstić information content (AvgIpc) is 2.33. The lowest BCUT2D eigenvalue weighted by Crippen LogP contribution is -2.47. The Morgan fingerprint density at radius 3 is 2.62 bits per heavy atom. The van der Waals surface area contributed by atoms with Gasteiger partial charge in [0.05, 0.1) is 0 Å². The number of ether oxygens (including phenoxy) is 1. The molecule has 6 heteroatoms. The number of methoxy groups -OCH3 is 1. The molecule has 0 aliphatic rings. The van der Waals surface area contributed by atoms with Gasteiger partial charge in [-0.1, -0.05) is 19.0 Å². The normalized spacial score (nSPS) is 17.6. The molecule has 0 saturated heterocycles. The summed E-state index contributed by atoms with van der Waals surface area (Å²) in [4.78, 5) is 11.8. The average molecular weight is 231 g/mol. The van der Waals surface area contributed by atoms with Crippen molar-refractivity contribution in [1.82, 2.24) is 5.32 Å². The van der Waals surface area contributed by atoms with Crippen LogP contribution in [0.1, 0.15) is 27.2 Å². The number of amidine groups is 1. The van der Waals surface area contributed by atoms with E-state index in [1.165, 1.54) is 7.11 Å². The van der Waals surface area contributed by atoms with Gasteiger partial charge in [-0.15, -0.1) is 0 Å². The van der Waals surface area contributed by atoms with Crippen molar-refractivity contribution < 1.29 is 14.7 Å². The van der Waals surface area contributed by atoms with Crippen molar-refractivity contribution in [3.8, 4) is 0 Å². The molecule has 0 heterocycles. The number of carbonyl (C=O) groups excluding carboxylic acids is 1. The number of nitrogens with two attached hydrogens (primary N) is 1. The van der Waals surface area contributed by atoms with E-state index in [1.54, 1.807) is 13.8 Å². The van der Waals surface area contributed by atoms with Gasteiger partial charge < -0.3 is 21.0 Å². The number of nitrogens with one attached hydrogen (secondary N) is 1. The van der Waals surface area contributed by atoms with E-state index in [2.05, 4.69) is 10.5 Å². The van der Waals surface area contributed by atoms with Gasteiger partial charge in [0.25, 0.3) is 5.91 Å². The first-order valence-corrected chi connectivity index (χ1v) is 5.22. The van der Waals surface area contributed by atoms with Gasteiger partial charge in [0.1, 0.15) is 11.4 Å². The molecule has 0 aliphatic heterocycles. The van der Waals surface area contributed by atoms with Gasteiger partial charge in [-0.05, 0) is 13.3 Å². The topological polar surface area (TPSA) is 96.9 Å². The van der Waals surface area contributed by atoms with E-state index >= 15 is 0 Å². The lowest BCUT2D eigenvalue weighted by molar-refractivity contribution is -0.141. The predicted octanol–water partition coefficient (Wildman–Crippen LogP) is 0.300. The summed E-state index contributed by atoms with van der Waals surface area (Å²) in [5, 5.41) is 14.0. The summed E-state index contributed by atoms with van der Waals surface area (Å²) in [7, 11) is 1.50. The van der Waals surface area contributed by atoms with Crippen LogP contribution in [0.3, 0.4) is 0 Å². The largest absolute Gasteiger partial charge is 0.409 e. The Bertz CT molecular complexity index is 262. The third kappa shape index (κ3) is 3.69. The fourth-order valence-electron chi connectivity index (χ4n) is 1.03. The Morgan fingerprint density at radius 2 is 2.25 bits per heavy atom. The molecule has 2 atom stereocenters. The second-order valence-electron chi connectivity index (χ2n) is 3.92. The van der Waals surface area contributed by atoms with Gasteiger partial charge in [0, 0.05) is 19.6 Å². The van der Waals surface area contributed by atoms with Crippen LogP contribution in [0.5, 0.6) is 0 Å². The molecule has 2 unspecified atom stereocenters. The lowest BCUT2D eigenvalue weighted by Gasteiger charge is -2.25. The zero-order chi connectivity index (χ0) is 12.8. The van der Waals surface area contributed by atoms with Crippen molar-refractivity contribution >= 4 is 11.7 Å². The molecule has 16 heavy (non-hydrogen) atoms. The summed E-state index contributed by atoms with van der Waals surface area (Å²) >= 11 is 0. The van der Waals surface area contributed by atoms with Crippen molar-refractivity contribution in [1.29, 1.82) is 0 Å². The standard InChI is InChI=1S/C10H21N3O3/c1-5-10(3,16-4)9(14)12-6-7(2)8(11)13-15/h7,15H,5-6H2,1-4H3,(H2,11,13)(H,12,14). The molecule has 0 rings (SSSR count). The van der Waals surface area contributed by atoms with Crippen LogP contribution in [0, 0.1) is 5.92 Å². The highest BCUT2D eigenvalue weighted by Crippen LogP contribution is 2.13. The maximum atomic E-state index is 11.8. The molecule has 1 amide bonds. The Hall–Kier alpha value is -1.30. The van der Waals surface area contributed by atoms with Crippen LogP contribution in [0.2, 0.25) is 0 Å². The Balaban J connectivity index is 4.27. The quantitative estimate of drug-likeness (QED) is 0.265. The molecule has 0 radical (unpaired) electrons. The maximum absolute atomic E-state index is 11.8. The van der Waals surface area contributed by atoms with E-state index in [4.69, 9.17) is 15.7 Å². The summed E-state index contributed by atoms with van der Waals surface area (Å²) in [6.07, 6.45) is 0.577.